The van der Waals surface area contributed by atoms with Crippen LogP contribution < -0.4 is 4.74 Å². The minimum Gasteiger partial charge on any atom is -0.462 e. The fraction of sp³-hybridized carbons (Fsp3) is 0.150. The summed E-state index contributed by atoms with van der Waals surface area (Å²) < 4.78 is 11.8. The van der Waals surface area contributed by atoms with Gasteiger partial charge in [0.1, 0.15) is 0 Å². The van der Waals surface area contributed by atoms with Crippen LogP contribution >= 0.6 is 0 Å². The Morgan fingerprint density at radius 2 is 1.73 bits per heavy atom. The van der Waals surface area contributed by atoms with Crippen LogP contribution in [0.2, 0.25) is 0 Å². The number of ether oxygens (including phenoxy) is 2. The fourth-order valence-corrected chi connectivity index (χ4v) is 2.66. The molecule has 0 aliphatic rings. The molecule has 6 nitrogen and oxygen atoms in total. The Bertz CT molecular complexity index is 988. The van der Waals surface area contributed by atoms with Crippen molar-refractivity contribution in [2.24, 2.45) is 0 Å². The molecule has 6 heteroatoms. The van der Waals surface area contributed by atoms with Crippen molar-refractivity contribution in [3.63, 3.8) is 0 Å². The van der Waals surface area contributed by atoms with Gasteiger partial charge in [-0.05, 0) is 19.1 Å². The van der Waals surface area contributed by atoms with Gasteiger partial charge in [0.2, 0.25) is 5.78 Å². The molecule has 3 rings (SSSR count). The summed E-state index contributed by atoms with van der Waals surface area (Å²) in [6.07, 6.45) is 1.59. The van der Waals surface area contributed by atoms with E-state index in [9.17, 15) is 14.4 Å². The molecular weight excluding hydrogens is 334 g/mol. The highest BCUT2D eigenvalue weighted by atomic mass is 16.5. The van der Waals surface area contributed by atoms with Crippen LogP contribution in [-0.4, -0.2) is 28.7 Å². The number of hydrogen-bond acceptors (Lipinski definition) is 5. The average Bonchev–Trinajstić information content (AvgIpc) is 2.99. The number of pyridine rings is 1. The van der Waals surface area contributed by atoms with E-state index in [1.54, 1.807) is 47.9 Å². The first-order chi connectivity index (χ1) is 12.5. The highest BCUT2D eigenvalue weighted by Gasteiger charge is 2.20. The highest BCUT2D eigenvalue weighted by molar-refractivity contribution is 6.09. The van der Waals surface area contributed by atoms with Gasteiger partial charge < -0.3 is 13.9 Å². The van der Waals surface area contributed by atoms with Gasteiger partial charge in [0.05, 0.1) is 23.4 Å². The lowest BCUT2D eigenvalue weighted by Crippen LogP contribution is -2.07. The topological polar surface area (TPSA) is 74.1 Å². The Kier molecular flexibility index (Phi) is 4.84. The fourth-order valence-electron chi connectivity index (χ4n) is 2.66. The monoisotopic (exact) mass is 351 g/mol. The standard InChI is InChI=1S/C20H17NO5/c1-3-25-20(24)15-9-10-21-16(11-15)18(26-13(2)22)12-17(21)19(23)14-7-5-4-6-8-14/h4-12H,3H2,1-2H3. The molecule has 0 saturated heterocycles. The summed E-state index contributed by atoms with van der Waals surface area (Å²) >= 11 is 0. The van der Waals surface area contributed by atoms with Gasteiger partial charge in [-0.2, -0.15) is 0 Å². The van der Waals surface area contributed by atoms with E-state index in [1.165, 1.54) is 19.1 Å². The zero-order valence-electron chi connectivity index (χ0n) is 14.4. The molecule has 0 amide bonds. The molecule has 0 aliphatic carbocycles. The molecular formula is C20H17NO5. The molecule has 2 aromatic heterocycles. The van der Waals surface area contributed by atoms with E-state index in [-0.39, 0.29) is 18.1 Å². The average molecular weight is 351 g/mol. The van der Waals surface area contributed by atoms with E-state index >= 15 is 0 Å². The summed E-state index contributed by atoms with van der Waals surface area (Å²) in [5.74, 6) is -1.01. The van der Waals surface area contributed by atoms with Gasteiger partial charge >= 0.3 is 11.9 Å². The van der Waals surface area contributed by atoms with Gasteiger partial charge in [-0.15, -0.1) is 0 Å². The zero-order valence-corrected chi connectivity index (χ0v) is 14.4. The number of nitrogens with zero attached hydrogens (tertiary/aromatic N) is 1. The first-order valence-corrected chi connectivity index (χ1v) is 8.11. The molecule has 0 atom stereocenters. The van der Waals surface area contributed by atoms with Crippen molar-refractivity contribution in [3.05, 3.63) is 71.5 Å². The van der Waals surface area contributed by atoms with Crippen LogP contribution in [0.3, 0.4) is 0 Å². The summed E-state index contributed by atoms with van der Waals surface area (Å²) in [5.41, 5.74) is 1.59. The molecule has 2 heterocycles. The van der Waals surface area contributed by atoms with Crippen LogP contribution in [0.5, 0.6) is 5.75 Å². The van der Waals surface area contributed by atoms with Crippen molar-refractivity contribution in [1.82, 2.24) is 4.40 Å². The first-order valence-electron chi connectivity index (χ1n) is 8.11. The van der Waals surface area contributed by atoms with Crippen LogP contribution in [0.1, 0.15) is 40.3 Å². The first kappa shape index (κ1) is 17.4. The summed E-state index contributed by atoms with van der Waals surface area (Å²) in [4.78, 5) is 36.2. The summed E-state index contributed by atoms with van der Waals surface area (Å²) in [5, 5.41) is 0. The number of rotatable bonds is 5. The van der Waals surface area contributed by atoms with Crippen molar-refractivity contribution in [2.75, 3.05) is 6.61 Å². The summed E-state index contributed by atoms with van der Waals surface area (Å²) in [7, 11) is 0. The van der Waals surface area contributed by atoms with Crippen molar-refractivity contribution < 1.29 is 23.9 Å². The van der Waals surface area contributed by atoms with Gasteiger partial charge in [0.25, 0.3) is 0 Å². The molecule has 0 aliphatic heterocycles. The van der Waals surface area contributed by atoms with E-state index in [0.717, 1.165) is 0 Å². The van der Waals surface area contributed by atoms with Gasteiger partial charge in [0, 0.05) is 24.8 Å². The summed E-state index contributed by atoms with van der Waals surface area (Å²) in [6.45, 7) is 3.24. The lowest BCUT2D eigenvalue weighted by atomic mass is 10.1. The third-order valence-electron chi connectivity index (χ3n) is 3.77. The molecule has 132 valence electrons. The van der Waals surface area contributed by atoms with Crippen LogP contribution in [0.4, 0.5) is 0 Å². The maximum Gasteiger partial charge on any atom is 0.338 e. The second-order valence-corrected chi connectivity index (χ2v) is 5.57. The second kappa shape index (κ2) is 7.23. The lowest BCUT2D eigenvalue weighted by Gasteiger charge is -2.06. The molecule has 0 unspecified atom stereocenters. The Balaban J connectivity index is 2.14. The van der Waals surface area contributed by atoms with Crippen LogP contribution in [-0.2, 0) is 9.53 Å². The largest absolute Gasteiger partial charge is 0.462 e. The zero-order chi connectivity index (χ0) is 18.7. The van der Waals surface area contributed by atoms with Crippen molar-refractivity contribution in [2.45, 2.75) is 13.8 Å². The van der Waals surface area contributed by atoms with E-state index in [1.807, 2.05) is 6.07 Å². The molecule has 0 N–H and O–H groups in total. The SMILES string of the molecule is CCOC(=O)c1ccn2c(C(=O)c3ccccc3)cc(OC(C)=O)c2c1. The predicted molar refractivity (Wildman–Crippen MR) is 94.5 cm³/mol. The Hall–Kier alpha value is -3.41. The van der Waals surface area contributed by atoms with Crippen LogP contribution in [0.25, 0.3) is 5.52 Å². The molecule has 0 radical (unpaired) electrons. The number of hydrogen-bond donors (Lipinski definition) is 0. The molecule has 0 fully saturated rings. The van der Waals surface area contributed by atoms with E-state index in [0.29, 0.717) is 22.3 Å². The number of esters is 2. The van der Waals surface area contributed by atoms with Gasteiger partial charge in [-0.25, -0.2) is 4.79 Å². The Labute approximate surface area is 150 Å². The Morgan fingerprint density at radius 1 is 1.00 bits per heavy atom. The maximum atomic E-state index is 12.8. The number of ketones is 1. The minimum absolute atomic E-state index is 0.211. The number of carbonyl (C=O) groups excluding carboxylic acids is 3. The third kappa shape index (κ3) is 3.35. The summed E-state index contributed by atoms with van der Waals surface area (Å²) in [6, 6.07) is 13.4. The smallest absolute Gasteiger partial charge is 0.338 e. The number of carbonyl (C=O) groups is 3. The predicted octanol–water partition coefficient (Wildman–Crippen LogP) is 3.27. The van der Waals surface area contributed by atoms with E-state index in [2.05, 4.69) is 0 Å². The van der Waals surface area contributed by atoms with Gasteiger partial charge in [-0.3, -0.25) is 9.59 Å². The molecule has 0 saturated carbocycles. The lowest BCUT2D eigenvalue weighted by molar-refractivity contribution is -0.131. The van der Waals surface area contributed by atoms with Gasteiger partial charge in [-0.1, -0.05) is 30.3 Å². The van der Waals surface area contributed by atoms with Crippen molar-refractivity contribution in [3.8, 4) is 5.75 Å². The normalized spacial score (nSPS) is 10.5. The van der Waals surface area contributed by atoms with Crippen molar-refractivity contribution >= 4 is 23.2 Å². The van der Waals surface area contributed by atoms with E-state index < -0.39 is 11.9 Å². The minimum atomic E-state index is -0.516. The Morgan fingerprint density at radius 3 is 2.38 bits per heavy atom. The van der Waals surface area contributed by atoms with E-state index in [4.69, 9.17) is 9.47 Å². The quantitative estimate of drug-likeness (QED) is 0.521. The maximum absolute atomic E-state index is 12.8. The highest BCUT2D eigenvalue weighted by Crippen LogP contribution is 2.28. The van der Waals surface area contributed by atoms with Crippen LogP contribution in [0, 0.1) is 0 Å². The second-order valence-electron chi connectivity index (χ2n) is 5.57. The molecule has 26 heavy (non-hydrogen) atoms. The van der Waals surface area contributed by atoms with Gasteiger partial charge in [0.15, 0.2) is 5.75 Å². The molecule has 1 aromatic carbocycles. The van der Waals surface area contributed by atoms with Crippen LogP contribution in [0.15, 0.2) is 54.7 Å². The molecule has 3 aromatic rings. The molecule has 0 bridgehead atoms. The number of benzene rings is 1. The van der Waals surface area contributed by atoms with Crippen molar-refractivity contribution in [1.29, 1.82) is 0 Å². The molecule has 0 spiro atoms. The number of fused-ring (bicyclic) bond motifs is 1. The third-order valence-corrected chi connectivity index (χ3v) is 3.77. The number of aromatic nitrogens is 1.